The molecule has 16 heterocycles. The van der Waals surface area contributed by atoms with Gasteiger partial charge in [0.15, 0.2) is 11.6 Å². The number of nitrogens with one attached hydrogen (secondary N) is 4. The molecule has 0 aromatic carbocycles. The van der Waals surface area contributed by atoms with Gasteiger partial charge in [-0.1, -0.05) is 18.2 Å². The lowest BCUT2D eigenvalue weighted by atomic mass is 10.0. The average molecular weight is 1610 g/mol. The van der Waals surface area contributed by atoms with Gasteiger partial charge in [0.1, 0.15) is 46.0 Å². The molecule has 12 aromatic heterocycles. The lowest BCUT2D eigenvalue weighted by molar-refractivity contribution is 0.0681. The van der Waals surface area contributed by atoms with Crippen LogP contribution in [-0.2, 0) is 0 Å². The molecular weight excluding hydrogens is 1510 g/mol. The number of carbonyl (C=O) groups excluding carboxylic acids is 4. The fourth-order valence-electron chi connectivity index (χ4n) is 18.4. The van der Waals surface area contributed by atoms with E-state index in [1.165, 1.54) is 0 Å². The number of carbonyl (C=O) groups is 4. The molecule has 608 valence electrons. The Morgan fingerprint density at radius 1 is 0.325 bits per heavy atom. The van der Waals surface area contributed by atoms with Crippen molar-refractivity contribution < 1.29 is 23.6 Å². The quantitative estimate of drug-likeness (QED) is 0.0698. The summed E-state index contributed by atoms with van der Waals surface area (Å²) >= 11 is 0. The molecule has 4 aliphatic carbocycles. The Hall–Kier alpha value is -13.5. The van der Waals surface area contributed by atoms with Crippen LogP contribution in [0.3, 0.4) is 0 Å². The van der Waals surface area contributed by atoms with E-state index in [4.69, 9.17) is 0 Å². The molecule has 4 saturated carbocycles. The topological polar surface area (TPSA) is 348 Å². The van der Waals surface area contributed by atoms with E-state index >= 15 is 0 Å². The maximum absolute atomic E-state index is 13.6. The Morgan fingerprint density at radius 2 is 0.717 bits per heavy atom. The number of rotatable bonds is 16. The zero-order valence-corrected chi connectivity index (χ0v) is 67.7. The first-order chi connectivity index (χ1) is 58.3. The Balaban J connectivity index is 0.000000114. The fourth-order valence-corrected chi connectivity index (χ4v) is 18.4. The highest BCUT2D eigenvalue weighted by Crippen LogP contribution is 2.45. The Bertz CT molecular complexity index is 5500. The monoisotopic (exact) mass is 1610 g/mol. The molecule has 30 heteroatoms. The molecule has 4 aliphatic heterocycles. The molecule has 12 atom stereocenters. The number of fused-ring (bicyclic) bond motifs is 8. The summed E-state index contributed by atoms with van der Waals surface area (Å²) in [5.74, 6) is 4.56. The molecule has 8 fully saturated rings. The highest BCUT2D eigenvalue weighted by atomic mass is 19.1. The van der Waals surface area contributed by atoms with Crippen molar-refractivity contribution in [1.29, 1.82) is 0 Å². The molecule has 120 heavy (non-hydrogen) atoms. The average Bonchev–Trinajstić information content (AvgIpc) is 1.64. The van der Waals surface area contributed by atoms with Gasteiger partial charge in [0, 0.05) is 98.8 Å². The van der Waals surface area contributed by atoms with Crippen molar-refractivity contribution in [3.8, 4) is 45.6 Å². The normalized spacial score (nSPS) is 22.3. The van der Waals surface area contributed by atoms with Crippen LogP contribution in [0.4, 0.5) is 27.7 Å². The summed E-state index contributed by atoms with van der Waals surface area (Å²) in [5, 5.41) is 13.9. The summed E-state index contributed by atoms with van der Waals surface area (Å²) in [6.07, 6.45) is 34.6. The van der Waals surface area contributed by atoms with Crippen LogP contribution < -0.4 is 21.3 Å². The Labute approximate surface area is 694 Å². The van der Waals surface area contributed by atoms with Crippen LogP contribution in [-0.4, -0.2) is 202 Å². The Morgan fingerprint density at radius 3 is 1.13 bits per heavy atom. The van der Waals surface area contributed by atoms with Crippen molar-refractivity contribution in [2.75, 3.05) is 47.4 Å². The van der Waals surface area contributed by atoms with E-state index in [2.05, 4.69) is 106 Å². The number of aryl methyl sites for hydroxylation is 7. The van der Waals surface area contributed by atoms with E-state index in [0.29, 0.717) is 75.5 Å². The van der Waals surface area contributed by atoms with Crippen molar-refractivity contribution in [3.05, 3.63) is 258 Å². The minimum Gasteiger partial charge on any atom is -0.364 e. The molecule has 0 radical (unpaired) electrons. The van der Waals surface area contributed by atoms with Crippen molar-refractivity contribution >= 4 is 46.9 Å². The van der Waals surface area contributed by atoms with Gasteiger partial charge in [-0.15, -0.1) is 0 Å². The number of halogens is 1. The number of piperidine rings is 4. The van der Waals surface area contributed by atoms with E-state index in [9.17, 15) is 23.6 Å². The van der Waals surface area contributed by atoms with Gasteiger partial charge in [-0.2, -0.15) is 0 Å². The highest BCUT2D eigenvalue weighted by Gasteiger charge is 2.52. The van der Waals surface area contributed by atoms with Crippen molar-refractivity contribution in [2.24, 2.45) is 23.7 Å². The summed E-state index contributed by atoms with van der Waals surface area (Å²) < 4.78 is 13.2. The number of nitrogens with zero attached hydrogens (tertiary/aromatic N) is 21. The van der Waals surface area contributed by atoms with Gasteiger partial charge < -0.3 is 40.9 Å². The third kappa shape index (κ3) is 17.3. The molecule has 29 nitrogen and oxygen atoms in total. The number of aromatic nitrogens is 17. The molecule has 20 rings (SSSR count). The van der Waals surface area contributed by atoms with Crippen molar-refractivity contribution in [1.82, 2.24) is 104 Å². The molecule has 4 amide bonds. The van der Waals surface area contributed by atoms with Crippen molar-refractivity contribution in [3.63, 3.8) is 0 Å². The lowest BCUT2D eigenvalue weighted by Crippen LogP contribution is -2.48. The molecule has 12 unspecified atom stereocenters. The molecular formula is C90H92FN25O4. The maximum Gasteiger partial charge on any atom is 0.273 e. The highest BCUT2D eigenvalue weighted by molar-refractivity contribution is 6.02. The largest absolute Gasteiger partial charge is 0.364 e. The molecule has 8 aliphatic rings. The number of amides is 4. The number of hydrogen-bond acceptors (Lipinski definition) is 25. The van der Waals surface area contributed by atoms with Gasteiger partial charge in [0.25, 0.3) is 23.6 Å². The predicted molar refractivity (Wildman–Crippen MR) is 449 cm³/mol. The van der Waals surface area contributed by atoms with Crippen LogP contribution in [0, 0.1) is 78.0 Å². The summed E-state index contributed by atoms with van der Waals surface area (Å²) in [6, 6.07) is 29.3. The smallest absolute Gasteiger partial charge is 0.273 e. The van der Waals surface area contributed by atoms with Gasteiger partial charge in [-0.3, -0.25) is 74.0 Å². The second-order valence-electron chi connectivity index (χ2n) is 32.6. The first-order valence-corrected chi connectivity index (χ1v) is 40.9. The van der Waals surface area contributed by atoms with E-state index in [1.807, 2.05) is 147 Å². The summed E-state index contributed by atoms with van der Waals surface area (Å²) in [5.41, 5.74) is 13.1. The van der Waals surface area contributed by atoms with Gasteiger partial charge >= 0.3 is 0 Å². The van der Waals surface area contributed by atoms with Crippen LogP contribution in [0.5, 0.6) is 0 Å². The Kier molecular flexibility index (Phi) is 22.7. The van der Waals surface area contributed by atoms with Crippen molar-refractivity contribution in [2.45, 2.75) is 148 Å². The SMILES string of the molecule is Cc1cnc(-c2ccccn2)c(C(=O)N2CC3CC(Nc4cnc(C)cn4)C2C3)c1.Cc1cnc(C(=O)N2CC3CC(Nc4cnc(C)cn4)C2C3)c(-c2ccccn2)c1.Cc1cnc(NC2CC3CC2N(C(=O)c2ccc(C)nc2-c2ccccn2)C3)cn1.Cc1cnc(NC2CC3CC2N(C(=O)c2cccnc2-c2ncc(F)cn2)C3)cn1. The summed E-state index contributed by atoms with van der Waals surface area (Å²) in [6.45, 7) is 16.6. The van der Waals surface area contributed by atoms with Gasteiger partial charge in [0.05, 0.1) is 143 Å². The van der Waals surface area contributed by atoms with Crippen LogP contribution in [0.2, 0.25) is 0 Å². The van der Waals surface area contributed by atoms with Crippen LogP contribution >= 0.6 is 0 Å². The number of anilines is 4. The molecule has 8 bridgehead atoms. The first kappa shape index (κ1) is 79.0. The summed E-state index contributed by atoms with van der Waals surface area (Å²) in [4.78, 5) is 136. The van der Waals surface area contributed by atoms with Gasteiger partial charge in [0.2, 0.25) is 0 Å². The minimum atomic E-state index is -0.535. The zero-order valence-electron chi connectivity index (χ0n) is 67.7. The minimum absolute atomic E-state index is 0.0235. The first-order valence-electron chi connectivity index (χ1n) is 40.9. The van der Waals surface area contributed by atoms with E-state index in [1.54, 1.807) is 98.9 Å². The van der Waals surface area contributed by atoms with E-state index in [-0.39, 0.29) is 77.8 Å². The third-order valence-electron chi connectivity index (χ3n) is 23.8. The number of pyridine rings is 7. The second-order valence-corrected chi connectivity index (χ2v) is 32.6. The second kappa shape index (κ2) is 34.6. The number of likely N-dealkylation sites (tertiary alicyclic amines) is 4. The lowest BCUT2D eigenvalue weighted by Gasteiger charge is -2.34. The van der Waals surface area contributed by atoms with E-state index in [0.717, 1.165) is 163 Å². The number of hydrogen-bond donors (Lipinski definition) is 4. The summed E-state index contributed by atoms with van der Waals surface area (Å²) in [7, 11) is 0. The third-order valence-corrected chi connectivity index (χ3v) is 23.8. The molecule has 0 spiro atoms. The maximum atomic E-state index is 13.6. The van der Waals surface area contributed by atoms with Crippen LogP contribution in [0.25, 0.3) is 45.6 Å². The van der Waals surface area contributed by atoms with Gasteiger partial charge in [-0.25, -0.2) is 34.3 Å². The van der Waals surface area contributed by atoms with Crippen LogP contribution in [0.15, 0.2) is 190 Å². The van der Waals surface area contributed by atoms with E-state index < -0.39 is 5.82 Å². The predicted octanol–water partition coefficient (Wildman–Crippen LogP) is 12.3. The zero-order chi connectivity index (χ0) is 82.7. The van der Waals surface area contributed by atoms with Gasteiger partial charge in [-0.05, 0) is 207 Å². The molecule has 12 aromatic rings. The standard InChI is InChI=1S/3C23H24N6O.C21H20FN7O/c1-14-6-7-17(22(27-14)18-5-3-4-8-24-18)23(30)29-13-16-9-19(20(29)10-16)28-21-12-25-15(2)11-26-21;1-14-7-17(22(27-10-14)18-5-3-4-6-24-18)23(30)29-13-16-8-19(20(29)9-16)28-21-12-25-15(2)11-26-21;1-14-7-17(18-5-3-4-6-24-18)22(27-10-14)23(30)29-13-16-8-19(20(29)9-16)28-21-12-25-15(2)11-26-21;1-12-7-25-18(10-24-12)28-16-5-13-6-17(16)29(11-13)21(30)15-3-2-4-23-19(15)20-26-8-14(22)9-27-20/h3-8,11-12,16,19-20H,9-10,13H2,1-2H3,(H,26,28);2*3-7,10-12,16,19-20H,8-9,13H2,1-2H3,(H,26,28);2-4,7-10,13,16-17H,5-6,11H2,1H3,(H,25,28). The fraction of sp³-hybridized carbons (Fsp3) is 0.344. The van der Waals surface area contributed by atoms with Crippen LogP contribution in [0.1, 0.15) is 133 Å². The molecule has 4 N–H and O–H groups in total. The molecule has 4 saturated heterocycles.